The van der Waals surface area contributed by atoms with Crippen LogP contribution in [0.25, 0.3) is 16.3 Å². The molecule has 5 rings (SSSR count). The molecule has 1 aromatic carbocycles. The maximum Gasteiger partial charge on any atom is 0.259 e. The highest BCUT2D eigenvalue weighted by atomic mass is 32.1. The third kappa shape index (κ3) is 4.65. The first-order chi connectivity index (χ1) is 16.5. The van der Waals surface area contributed by atoms with Gasteiger partial charge in [0, 0.05) is 42.7 Å². The van der Waals surface area contributed by atoms with Gasteiger partial charge in [0.1, 0.15) is 16.4 Å². The first-order valence-electron chi connectivity index (χ1n) is 11.9. The smallest absolute Gasteiger partial charge is 0.259 e. The molecular formula is C26H30N4O3S. The number of hydrogen-bond donors (Lipinski definition) is 1. The number of hydrogen-bond acceptors (Lipinski definition) is 6. The lowest BCUT2D eigenvalue weighted by Crippen LogP contribution is -2.48. The van der Waals surface area contributed by atoms with Gasteiger partial charge in [-0.15, -0.1) is 11.3 Å². The number of fused-ring (bicyclic) bond motifs is 3. The van der Waals surface area contributed by atoms with E-state index in [1.165, 1.54) is 16.9 Å². The van der Waals surface area contributed by atoms with Gasteiger partial charge < -0.3 is 14.6 Å². The number of thiophene rings is 1. The van der Waals surface area contributed by atoms with Crippen LogP contribution in [0, 0.1) is 6.92 Å². The monoisotopic (exact) mass is 478 g/mol. The number of aromatic nitrogens is 2. The van der Waals surface area contributed by atoms with Crippen LogP contribution < -0.4 is 10.3 Å². The normalized spacial score (nSPS) is 16.8. The Morgan fingerprint density at radius 2 is 2.00 bits per heavy atom. The lowest BCUT2D eigenvalue weighted by atomic mass is 9.97. The van der Waals surface area contributed by atoms with Crippen molar-refractivity contribution in [3.8, 4) is 5.75 Å². The Bertz CT molecular complexity index is 1300. The van der Waals surface area contributed by atoms with Gasteiger partial charge in [0.2, 0.25) is 5.91 Å². The third-order valence-corrected chi connectivity index (χ3v) is 7.91. The number of rotatable bonds is 5. The number of nitrogens with zero attached hydrogens (tertiary/aromatic N) is 3. The number of ether oxygens (including phenoxy) is 1. The van der Waals surface area contributed by atoms with Crippen LogP contribution in [0.2, 0.25) is 0 Å². The minimum absolute atomic E-state index is 0.000303. The molecule has 1 N–H and O–H groups in total. The Kier molecular flexibility index (Phi) is 6.52. The number of aryl methyl sites for hydroxylation is 3. The Labute approximate surface area is 203 Å². The van der Waals surface area contributed by atoms with Gasteiger partial charge in [-0.1, -0.05) is 11.6 Å². The maximum atomic E-state index is 12.8. The van der Waals surface area contributed by atoms with Crippen LogP contribution in [-0.2, 0) is 24.2 Å². The molecule has 3 aromatic rings. The van der Waals surface area contributed by atoms with Crippen LogP contribution in [0.5, 0.6) is 5.75 Å². The van der Waals surface area contributed by atoms with Crippen molar-refractivity contribution in [2.24, 2.45) is 0 Å². The summed E-state index contributed by atoms with van der Waals surface area (Å²) in [6.45, 7) is 5.39. The molecule has 1 amide bonds. The zero-order valence-electron chi connectivity index (χ0n) is 19.7. The van der Waals surface area contributed by atoms with Crippen molar-refractivity contribution >= 4 is 33.5 Å². The summed E-state index contributed by atoms with van der Waals surface area (Å²) in [5, 5.41) is 0.802. The van der Waals surface area contributed by atoms with E-state index in [4.69, 9.17) is 9.72 Å². The molecule has 3 heterocycles. The number of nitrogens with one attached hydrogen (secondary N) is 1. The van der Waals surface area contributed by atoms with Crippen LogP contribution in [-0.4, -0.2) is 59.0 Å². The van der Waals surface area contributed by atoms with Crippen molar-refractivity contribution in [3.63, 3.8) is 0 Å². The highest BCUT2D eigenvalue weighted by Gasteiger charge is 2.23. The lowest BCUT2D eigenvalue weighted by molar-refractivity contribution is -0.127. The molecule has 0 saturated carbocycles. The Morgan fingerprint density at radius 3 is 2.79 bits per heavy atom. The zero-order valence-corrected chi connectivity index (χ0v) is 20.5. The number of carbonyl (C=O) groups excluding carboxylic acids is 1. The summed E-state index contributed by atoms with van der Waals surface area (Å²) in [6.07, 6.45) is 7.84. The van der Waals surface area contributed by atoms with Gasteiger partial charge in [-0.2, -0.15) is 0 Å². The van der Waals surface area contributed by atoms with E-state index in [9.17, 15) is 9.59 Å². The lowest BCUT2D eigenvalue weighted by Gasteiger charge is -2.33. The van der Waals surface area contributed by atoms with Crippen LogP contribution in [0.3, 0.4) is 0 Å². The predicted molar refractivity (Wildman–Crippen MR) is 136 cm³/mol. The number of benzene rings is 1. The molecule has 0 spiro atoms. The topological polar surface area (TPSA) is 78.5 Å². The van der Waals surface area contributed by atoms with Crippen molar-refractivity contribution in [2.45, 2.75) is 39.2 Å². The second kappa shape index (κ2) is 9.72. The standard InChI is InChI=1S/C26H30N4O3S/c1-17-7-9-20(33-2)18(15-17)8-10-23(31)30-13-11-29(12-14-30)16-22-27-25(32)24-19-5-3-4-6-21(19)34-26(24)28-22/h7-10,15H,3-6,11-14,16H2,1-2H3,(H,27,28,32)/b10-8+. The van der Waals surface area contributed by atoms with E-state index in [0.29, 0.717) is 25.5 Å². The van der Waals surface area contributed by atoms with E-state index in [-0.39, 0.29) is 11.5 Å². The molecule has 1 aliphatic carbocycles. The first-order valence-corrected chi connectivity index (χ1v) is 12.7. The molecule has 0 bridgehead atoms. The van der Waals surface area contributed by atoms with E-state index in [1.54, 1.807) is 24.5 Å². The van der Waals surface area contributed by atoms with E-state index in [2.05, 4.69) is 9.88 Å². The molecule has 2 aromatic heterocycles. The summed E-state index contributed by atoms with van der Waals surface area (Å²) in [6, 6.07) is 5.91. The fourth-order valence-corrected chi connectivity index (χ4v) is 6.15. The van der Waals surface area contributed by atoms with Crippen LogP contribution in [0.4, 0.5) is 0 Å². The van der Waals surface area contributed by atoms with E-state index >= 15 is 0 Å². The molecule has 34 heavy (non-hydrogen) atoms. The Hall–Kier alpha value is -2.97. The Morgan fingerprint density at radius 1 is 1.21 bits per heavy atom. The SMILES string of the molecule is COc1ccc(C)cc1/C=C/C(=O)N1CCN(Cc2nc3sc4c(c3c(=O)[nH]2)CCCC4)CC1. The van der Waals surface area contributed by atoms with Crippen LogP contribution in [0.1, 0.15) is 40.2 Å². The van der Waals surface area contributed by atoms with E-state index in [1.807, 2.05) is 36.1 Å². The van der Waals surface area contributed by atoms with Crippen molar-refractivity contribution in [1.82, 2.24) is 19.8 Å². The van der Waals surface area contributed by atoms with Gasteiger partial charge in [-0.25, -0.2) is 4.98 Å². The van der Waals surface area contributed by atoms with Gasteiger partial charge in [0.25, 0.3) is 5.56 Å². The average molecular weight is 479 g/mol. The van der Waals surface area contributed by atoms with E-state index in [0.717, 1.165) is 59.4 Å². The molecule has 1 fully saturated rings. The number of amides is 1. The Balaban J connectivity index is 1.21. The number of piperazine rings is 1. The average Bonchev–Trinajstić information content (AvgIpc) is 3.22. The van der Waals surface area contributed by atoms with Crippen molar-refractivity contribution in [1.29, 1.82) is 0 Å². The number of methoxy groups -OCH3 is 1. The number of aromatic amines is 1. The molecule has 1 aliphatic heterocycles. The van der Waals surface area contributed by atoms with Gasteiger partial charge >= 0.3 is 0 Å². The van der Waals surface area contributed by atoms with Crippen molar-refractivity contribution in [2.75, 3.05) is 33.3 Å². The summed E-state index contributed by atoms with van der Waals surface area (Å²) >= 11 is 1.68. The maximum absolute atomic E-state index is 12.8. The fraction of sp³-hybridized carbons (Fsp3) is 0.423. The zero-order chi connectivity index (χ0) is 23.7. The quantitative estimate of drug-likeness (QED) is 0.568. The summed E-state index contributed by atoms with van der Waals surface area (Å²) in [5.74, 6) is 1.46. The number of H-pyrrole nitrogens is 1. The highest BCUT2D eigenvalue weighted by Crippen LogP contribution is 2.33. The molecule has 178 valence electrons. The van der Waals surface area contributed by atoms with Gasteiger partial charge in [0.15, 0.2) is 0 Å². The first kappa shape index (κ1) is 22.8. The second-order valence-corrected chi connectivity index (χ2v) is 10.2. The van der Waals surface area contributed by atoms with Gasteiger partial charge in [-0.3, -0.25) is 14.5 Å². The molecule has 0 atom stereocenters. The second-order valence-electron chi connectivity index (χ2n) is 9.08. The van der Waals surface area contributed by atoms with Gasteiger partial charge in [0.05, 0.1) is 19.0 Å². The summed E-state index contributed by atoms with van der Waals surface area (Å²) in [4.78, 5) is 39.6. The minimum Gasteiger partial charge on any atom is -0.496 e. The van der Waals surface area contributed by atoms with E-state index < -0.39 is 0 Å². The summed E-state index contributed by atoms with van der Waals surface area (Å²) in [5.41, 5.74) is 3.23. The van der Waals surface area contributed by atoms with Crippen LogP contribution >= 0.6 is 11.3 Å². The molecule has 1 saturated heterocycles. The van der Waals surface area contributed by atoms with Gasteiger partial charge in [-0.05, 0) is 56.4 Å². The highest BCUT2D eigenvalue weighted by molar-refractivity contribution is 7.18. The molecule has 2 aliphatic rings. The summed E-state index contributed by atoms with van der Waals surface area (Å²) in [7, 11) is 1.63. The predicted octanol–water partition coefficient (Wildman–Crippen LogP) is 3.54. The minimum atomic E-state index is -0.00933. The molecule has 7 nitrogen and oxygen atoms in total. The molecule has 0 unspecified atom stereocenters. The fourth-order valence-electron chi connectivity index (χ4n) is 4.87. The third-order valence-electron chi connectivity index (χ3n) is 6.72. The largest absolute Gasteiger partial charge is 0.496 e. The van der Waals surface area contributed by atoms with Crippen LogP contribution in [0.15, 0.2) is 29.1 Å². The molecular weight excluding hydrogens is 448 g/mol. The molecule has 0 radical (unpaired) electrons. The number of carbonyl (C=O) groups is 1. The van der Waals surface area contributed by atoms with Crippen molar-refractivity contribution < 1.29 is 9.53 Å². The van der Waals surface area contributed by atoms with Crippen molar-refractivity contribution in [3.05, 3.63) is 62.0 Å². The summed E-state index contributed by atoms with van der Waals surface area (Å²) < 4.78 is 5.39. The molecule has 8 heteroatoms.